The Kier molecular flexibility index (Phi) is 3.69. The normalized spacial score (nSPS) is 15.7. The van der Waals surface area contributed by atoms with Gasteiger partial charge in [-0.1, -0.05) is 0 Å². The first-order valence-corrected chi connectivity index (χ1v) is 6.25. The Morgan fingerprint density at radius 3 is 2.68 bits per heavy atom. The van der Waals surface area contributed by atoms with Crippen molar-refractivity contribution in [2.75, 3.05) is 0 Å². The first kappa shape index (κ1) is 13.3. The lowest BCUT2D eigenvalue weighted by molar-refractivity contribution is -0.122. The average Bonchev–Trinajstić information content (AvgIpc) is 3.16. The second-order valence-electron chi connectivity index (χ2n) is 4.84. The molecule has 0 saturated heterocycles. The fraction of sp³-hybridized carbons (Fsp3) is 0.462. The summed E-state index contributed by atoms with van der Waals surface area (Å²) in [5.41, 5.74) is -0.00286. The van der Waals surface area contributed by atoms with Crippen LogP contribution in [0.2, 0.25) is 0 Å². The molecular weight excluding hydrogens is 246 g/mol. The molecule has 6 heteroatoms. The third-order valence-corrected chi connectivity index (χ3v) is 3.03. The molecule has 19 heavy (non-hydrogen) atoms. The molecule has 0 aromatic carbocycles. The second-order valence-corrected chi connectivity index (χ2v) is 4.84. The van der Waals surface area contributed by atoms with Crippen LogP contribution in [0.25, 0.3) is 0 Å². The number of carbonyl (C=O) groups excluding carboxylic acids is 2. The maximum absolute atomic E-state index is 11.9. The van der Waals surface area contributed by atoms with Crippen molar-refractivity contribution in [2.45, 2.75) is 31.8 Å². The molecule has 1 fully saturated rings. The molecule has 0 aliphatic heterocycles. The van der Waals surface area contributed by atoms with Gasteiger partial charge in [-0.2, -0.15) is 0 Å². The van der Waals surface area contributed by atoms with E-state index in [9.17, 15) is 14.4 Å². The van der Waals surface area contributed by atoms with Gasteiger partial charge in [0.1, 0.15) is 6.04 Å². The van der Waals surface area contributed by atoms with E-state index in [1.165, 1.54) is 16.8 Å². The van der Waals surface area contributed by atoms with Crippen LogP contribution in [-0.2, 0) is 11.8 Å². The van der Waals surface area contributed by atoms with Gasteiger partial charge >= 0.3 is 0 Å². The maximum atomic E-state index is 11.9. The highest BCUT2D eigenvalue weighted by molar-refractivity contribution is 5.97. The number of nitrogens with zero attached hydrogens (tertiary/aromatic N) is 1. The predicted molar refractivity (Wildman–Crippen MR) is 69.8 cm³/mol. The van der Waals surface area contributed by atoms with Gasteiger partial charge in [0.15, 0.2) is 0 Å². The molecule has 1 aromatic rings. The summed E-state index contributed by atoms with van der Waals surface area (Å²) in [6.45, 7) is 1.62. The van der Waals surface area contributed by atoms with E-state index in [1.54, 1.807) is 20.0 Å². The predicted octanol–water partition coefficient (Wildman–Crippen LogP) is -0.218. The van der Waals surface area contributed by atoms with Crippen molar-refractivity contribution < 1.29 is 9.59 Å². The van der Waals surface area contributed by atoms with Crippen molar-refractivity contribution in [1.82, 2.24) is 15.2 Å². The quantitative estimate of drug-likeness (QED) is 0.788. The Morgan fingerprint density at radius 2 is 2.11 bits per heavy atom. The van der Waals surface area contributed by atoms with Crippen molar-refractivity contribution in [2.24, 2.45) is 7.05 Å². The van der Waals surface area contributed by atoms with Crippen LogP contribution >= 0.6 is 0 Å². The number of aromatic nitrogens is 1. The fourth-order valence-electron chi connectivity index (χ4n) is 1.59. The topological polar surface area (TPSA) is 80.2 Å². The van der Waals surface area contributed by atoms with Crippen molar-refractivity contribution in [1.29, 1.82) is 0 Å². The minimum absolute atomic E-state index is 0.195. The number of amides is 2. The molecule has 1 aliphatic carbocycles. The summed E-state index contributed by atoms with van der Waals surface area (Å²) in [6.07, 6.45) is 3.52. The zero-order valence-corrected chi connectivity index (χ0v) is 11.0. The average molecular weight is 263 g/mol. The maximum Gasteiger partial charge on any atom is 0.252 e. The first-order valence-electron chi connectivity index (χ1n) is 6.25. The molecule has 2 rings (SSSR count). The summed E-state index contributed by atoms with van der Waals surface area (Å²) in [5, 5.41) is 5.39. The van der Waals surface area contributed by atoms with Crippen molar-refractivity contribution in [3.8, 4) is 0 Å². The smallest absolute Gasteiger partial charge is 0.252 e. The molecule has 1 aromatic heterocycles. The summed E-state index contributed by atoms with van der Waals surface area (Å²) in [6, 6.07) is 2.44. The van der Waals surface area contributed by atoms with E-state index in [0.717, 1.165) is 12.8 Å². The van der Waals surface area contributed by atoms with Crippen LogP contribution in [0.15, 0.2) is 23.1 Å². The summed E-state index contributed by atoms with van der Waals surface area (Å²) in [5.74, 6) is -0.615. The van der Waals surface area contributed by atoms with Gasteiger partial charge < -0.3 is 15.2 Å². The summed E-state index contributed by atoms with van der Waals surface area (Å²) in [4.78, 5) is 35.0. The highest BCUT2D eigenvalue weighted by atomic mass is 16.2. The molecule has 1 aliphatic rings. The van der Waals surface area contributed by atoms with E-state index in [4.69, 9.17) is 0 Å². The minimum Gasteiger partial charge on any atom is -0.352 e. The molecule has 102 valence electrons. The van der Waals surface area contributed by atoms with Crippen molar-refractivity contribution >= 4 is 11.8 Å². The molecular formula is C13H17N3O3. The Balaban J connectivity index is 1.97. The van der Waals surface area contributed by atoms with Gasteiger partial charge in [0.2, 0.25) is 5.91 Å². The highest BCUT2D eigenvalue weighted by Gasteiger charge is 2.26. The lowest BCUT2D eigenvalue weighted by Crippen LogP contribution is -2.45. The molecule has 2 N–H and O–H groups in total. The fourth-order valence-corrected chi connectivity index (χ4v) is 1.59. The van der Waals surface area contributed by atoms with E-state index >= 15 is 0 Å². The molecule has 2 amide bonds. The van der Waals surface area contributed by atoms with E-state index in [0.29, 0.717) is 0 Å². The number of rotatable bonds is 4. The molecule has 0 bridgehead atoms. The van der Waals surface area contributed by atoms with Gasteiger partial charge in [-0.05, 0) is 25.8 Å². The Bertz CT molecular complexity index is 560. The SMILES string of the molecule is CC(NC(=O)c1ccn(C)c(=O)c1)C(=O)NC1CC1. The molecule has 1 atom stereocenters. The van der Waals surface area contributed by atoms with E-state index in [1.807, 2.05) is 0 Å². The first-order chi connectivity index (χ1) is 8.97. The number of hydrogen-bond acceptors (Lipinski definition) is 3. The van der Waals surface area contributed by atoms with Gasteiger partial charge in [-0.25, -0.2) is 0 Å². The van der Waals surface area contributed by atoms with Crippen LogP contribution in [0.1, 0.15) is 30.1 Å². The van der Waals surface area contributed by atoms with Gasteiger partial charge in [-0.3, -0.25) is 14.4 Å². The monoisotopic (exact) mass is 263 g/mol. The zero-order chi connectivity index (χ0) is 14.0. The summed E-state index contributed by atoms with van der Waals surface area (Å²) in [7, 11) is 1.61. The number of aryl methyl sites for hydroxylation is 1. The molecule has 0 radical (unpaired) electrons. The number of carbonyl (C=O) groups is 2. The number of hydrogen-bond donors (Lipinski definition) is 2. The van der Waals surface area contributed by atoms with E-state index in [2.05, 4.69) is 10.6 Å². The Morgan fingerprint density at radius 1 is 1.42 bits per heavy atom. The van der Waals surface area contributed by atoms with Crippen LogP contribution in [-0.4, -0.2) is 28.5 Å². The third-order valence-electron chi connectivity index (χ3n) is 3.03. The summed E-state index contributed by atoms with van der Waals surface area (Å²) < 4.78 is 1.38. The standard InChI is InChI=1S/C13H17N3O3/c1-8(12(18)15-10-3-4-10)14-13(19)9-5-6-16(2)11(17)7-9/h5-8,10H,3-4H2,1-2H3,(H,14,19)(H,15,18). The molecule has 1 heterocycles. The van der Waals surface area contributed by atoms with Crippen LogP contribution in [0, 0.1) is 0 Å². The lowest BCUT2D eigenvalue weighted by Gasteiger charge is -2.13. The summed E-state index contributed by atoms with van der Waals surface area (Å²) >= 11 is 0. The Labute approximate surface area is 110 Å². The number of pyridine rings is 1. The van der Waals surface area contributed by atoms with E-state index < -0.39 is 11.9 Å². The zero-order valence-electron chi connectivity index (χ0n) is 11.0. The highest BCUT2D eigenvalue weighted by Crippen LogP contribution is 2.18. The van der Waals surface area contributed by atoms with Crippen LogP contribution in [0.3, 0.4) is 0 Å². The van der Waals surface area contributed by atoms with Gasteiger partial charge in [0, 0.05) is 30.9 Å². The molecule has 1 saturated carbocycles. The largest absolute Gasteiger partial charge is 0.352 e. The van der Waals surface area contributed by atoms with Crippen LogP contribution < -0.4 is 16.2 Å². The van der Waals surface area contributed by atoms with Gasteiger partial charge in [0.25, 0.3) is 11.5 Å². The molecule has 6 nitrogen and oxygen atoms in total. The molecule has 1 unspecified atom stereocenters. The van der Waals surface area contributed by atoms with Crippen LogP contribution in [0.5, 0.6) is 0 Å². The minimum atomic E-state index is -0.614. The van der Waals surface area contributed by atoms with E-state index in [-0.39, 0.29) is 23.1 Å². The molecule has 0 spiro atoms. The van der Waals surface area contributed by atoms with Crippen LogP contribution in [0.4, 0.5) is 0 Å². The lowest BCUT2D eigenvalue weighted by atomic mass is 10.2. The van der Waals surface area contributed by atoms with Crippen molar-refractivity contribution in [3.63, 3.8) is 0 Å². The third kappa shape index (κ3) is 3.43. The van der Waals surface area contributed by atoms with Crippen molar-refractivity contribution in [3.05, 3.63) is 34.2 Å². The Hall–Kier alpha value is -2.11. The van der Waals surface area contributed by atoms with Gasteiger partial charge in [-0.15, -0.1) is 0 Å². The number of nitrogens with one attached hydrogen (secondary N) is 2. The van der Waals surface area contributed by atoms with Gasteiger partial charge in [0.05, 0.1) is 0 Å². The second kappa shape index (κ2) is 5.26.